The van der Waals surface area contributed by atoms with Gasteiger partial charge in [0.25, 0.3) is 0 Å². The first-order valence-corrected chi connectivity index (χ1v) is 7.11. The Labute approximate surface area is 125 Å². The number of carbonyl (C=O) groups is 1. The summed E-state index contributed by atoms with van der Waals surface area (Å²) < 4.78 is 0. The lowest BCUT2D eigenvalue weighted by Crippen LogP contribution is -2.48. The second kappa shape index (κ2) is 6.50. The molecule has 21 heavy (non-hydrogen) atoms. The lowest BCUT2D eigenvalue weighted by Gasteiger charge is -2.24. The first-order valence-electron chi connectivity index (χ1n) is 7.11. The monoisotopic (exact) mass is 283 g/mol. The van der Waals surface area contributed by atoms with Crippen LogP contribution in [0.15, 0.2) is 48.7 Å². The molecule has 0 bridgehead atoms. The Hall–Kier alpha value is -2.20. The Morgan fingerprint density at radius 1 is 1.24 bits per heavy atom. The normalized spacial score (nSPS) is 13.5. The van der Waals surface area contributed by atoms with Crippen LogP contribution in [-0.4, -0.2) is 10.9 Å². The topological polar surface area (TPSA) is 68.0 Å². The third-order valence-corrected chi connectivity index (χ3v) is 3.63. The molecule has 4 heteroatoms. The highest BCUT2D eigenvalue weighted by molar-refractivity contribution is 5.86. The van der Waals surface area contributed by atoms with E-state index in [0.29, 0.717) is 6.54 Å². The zero-order valence-corrected chi connectivity index (χ0v) is 12.5. The van der Waals surface area contributed by atoms with Crippen molar-refractivity contribution in [3.8, 4) is 0 Å². The van der Waals surface area contributed by atoms with E-state index in [2.05, 4.69) is 17.2 Å². The van der Waals surface area contributed by atoms with Crippen molar-refractivity contribution in [2.45, 2.75) is 32.4 Å². The highest BCUT2D eigenvalue weighted by Gasteiger charge is 2.30. The smallest absolute Gasteiger partial charge is 0.244 e. The van der Waals surface area contributed by atoms with Crippen molar-refractivity contribution < 1.29 is 4.79 Å². The summed E-state index contributed by atoms with van der Waals surface area (Å²) in [5.74, 6) is -0.207. The Balaban J connectivity index is 2.08. The molecule has 1 aromatic carbocycles. The summed E-state index contributed by atoms with van der Waals surface area (Å²) in [6.07, 6.45) is 2.62. The SMILES string of the molecule is CCc1cccnc1CNC(=O)C(C)(N)c1ccccc1. The van der Waals surface area contributed by atoms with E-state index in [1.807, 2.05) is 42.5 Å². The number of rotatable bonds is 5. The molecule has 2 aromatic rings. The number of benzene rings is 1. The van der Waals surface area contributed by atoms with Crippen molar-refractivity contribution in [3.05, 3.63) is 65.5 Å². The zero-order valence-electron chi connectivity index (χ0n) is 12.5. The maximum absolute atomic E-state index is 12.4. The molecule has 2 rings (SSSR count). The fourth-order valence-corrected chi connectivity index (χ4v) is 2.22. The van der Waals surface area contributed by atoms with Gasteiger partial charge in [0.1, 0.15) is 5.54 Å². The predicted octanol–water partition coefficient (Wildman–Crippen LogP) is 2.13. The molecular weight excluding hydrogens is 262 g/mol. The van der Waals surface area contributed by atoms with Crippen LogP contribution in [0, 0.1) is 0 Å². The third kappa shape index (κ3) is 3.47. The van der Waals surface area contributed by atoms with Crippen molar-refractivity contribution in [3.63, 3.8) is 0 Å². The number of nitrogens with one attached hydrogen (secondary N) is 1. The third-order valence-electron chi connectivity index (χ3n) is 3.63. The summed E-state index contributed by atoms with van der Waals surface area (Å²) >= 11 is 0. The van der Waals surface area contributed by atoms with E-state index in [-0.39, 0.29) is 5.91 Å². The van der Waals surface area contributed by atoms with E-state index in [9.17, 15) is 4.79 Å². The Bertz CT molecular complexity index is 608. The van der Waals surface area contributed by atoms with Gasteiger partial charge in [-0.15, -0.1) is 0 Å². The number of pyridine rings is 1. The van der Waals surface area contributed by atoms with E-state index in [0.717, 1.165) is 23.2 Å². The van der Waals surface area contributed by atoms with Gasteiger partial charge in [-0.25, -0.2) is 0 Å². The lowest BCUT2D eigenvalue weighted by molar-refractivity contribution is -0.126. The van der Waals surface area contributed by atoms with Crippen LogP contribution in [0.4, 0.5) is 0 Å². The van der Waals surface area contributed by atoms with Crippen LogP contribution in [0.3, 0.4) is 0 Å². The van der Waals surface area contributed by atoms with Gasteiger partial charge < -0.3 is 11.1 Å². The quantitative estimate of drug-likeness (QED) is 0.883. The van der Waals surface area contributed by atoms with Gasteiger partial charge in [0.2, 0.25) is 5.91 Å². The van der Waals surface area contributed by atoms with Gasteiger partial charge in [0.05, 0.1) is 12.2 Å². The summed E-state index contributed by atoms with van der Waals surface area (Å²) in [6.45, 7) is 4.18. The Morgan fingerprint density at radius 3 is 2.62 bits per heavy atom. The number of amides is 1. The molecule has 1 heterocycles. The minimum atomic E-state index is -1.05. The van der Waals surface area contributed by atoms with Crippen LogP contribution in [0.25, 0.3) is 0 Å². The van der Waals surface area contributed by atoms with E-state index in [4.69, 9.17) is 5.73 Å². The summed E-state index contributed by atoms with van der Waals surface area (Å²) in [6, 6.07) is 13.3. The van der Waals surface area contributed by atoms with Crippen LogP contribution in [-0.2, 0) is 23.3 Å². The first-order chi connectivity index (χ1) is 10.1. The molecule has 0 saturated carbocycles. The molecule has 0 fully saturated rings. The molecule has 0 aliphatic rings. The van der Waals surface area contributed by atoms with Crippen molar-refractivity contribution in [2.24, 2.45) is 5.73 Å². The molecule has 1 atom stereocenters. The highest BCUT2D eigenvalue weighted by Crippen LogP contribution is 2.17. The standard InChI is InChI=1S/C17H21N3O/c1-3-13-8-7-11-19-15(13)12-20-16(21)17(2,18)14-9-5-4-6-10-14/h4-11H,3,12,18H2,1-2H3,(H,20,21). The van der Waals surface area contributed by atoms with Crippen LogP contribution in [0.2, 0.25) is 0 Å². The van der Waals surface area contributed by atoms with Crippen molar-refractivity contribution in [1.82, 2.24) is 10.3 Å². The van der Waals surface area contributed by atoms with Gasteiger partial charge in [-0.05, 0) is 30.5 Å². The summed E-state index contributed by atoms with van der Waals surface area (Å²) in [7, 11) is 0. The molecule has 1 amide bonds. The van der Waals surface area contributed by atoms with Gasteiger partial charge in [-0.3, -0.25) is 9.78 Å². The molecule has 0 aliphatic heterocycles. The summed E-state index contributed by atoms with van der Waals surface area (Å²) in [5, 5.41) is 2.89. The second-order valence-electron chi connectivity index (χ2n) is 5.21. The minimum absolute atomic E-state index is 0.207. The maximum Gasteiger partial charge on any atom is 0.244 e. The van der Waals surface area contributed by atoms with Gasteiger partial charge in [0.15, 0.2) is 0 Å². The number of aryl methyl sites for hydroxylation is 1. The molecule has 0 saturated heterocycles. The van der Waals surface area contributed by atoms with E-state index in [1.165, 1.54) is 0 Å². The fourth-order valence-electron chi connectivity index (χ4n) is 2.22. The number of hydrogen-bond donors (Lipinski definition) is 2. The van der Waals surface area contributed by atoms with E-state index >= 15 is 0 Å². The van der Waals surface area contributed by atoms with Gasteiger partial charge in [-0.2, -0.15) is 0 Å². The van der Waals surface area contributed by atoms with Crippen LogP contribution < -0.4 is 11.1 Å². The second-order valence-corrected chi connectivity index (χ2v) is 5.21. The number of nitrogens with zero attached hydrogens (tertiary/aromatic N) is 1. The largest absolute Gasteiger partial charge is 0.349 e. The first kappa shape index (κ1) is 15.2. The molecular formula is C17H21N3O. The summed E-state index contributed by atoms with van der Waals surface area (Å²) in [4.78, 5) is 16.7. The zero-order chi connectivity index (χ0) is 15.3. The number of aromatic nitrogens is 1. The maximum atomic E-state index is 12.4. The minimum Gasteiger partial charge on any atom is -0.349 e. The highest BCUT2D eigenvalue weighted by atomic mass is 16.2. The molecule has 110 valence electrons. The van der Waals surface area contributed by atoms with Gasteiger partial charge in [0, 0.05) is 6.20 Å². The fraction of sp³-hybridized carbons (Fsp3) is 0.294. The Morgan fingerprint density at radius 2 is 1.95 bits per heavy atom. The predicted molar refractivity (Wildman–Crippen MR) is 83.4 cm³/mol. The summed E-state index contributed by atoms with van der Waals surface area (Å²) in [5.41, 5.74) is 7.94. The molecule has 4 nitrogen and oxygen atoms in total. The van der Waals surface area contributed by atoms with Crippen molar-refractivity contribution in [1.29, 1.82) is 0 Å². The van der Waals surface area contributed by atoms with Crippen molar-refractivity contribution in [2.75, 3.05) is 0 Å². The molecule has 0 radical (unpaired) electrons. The molecule has 1 aromatic heterocycles. The van der Waals surface area contributed by atoms with Crippen molar-refractivity contribution >= 4 is 5.91 Å². The Kier molecular flexibility index (Phi) is 4.70. The number of hydrogen-bond acceptors (Lipinski definition) is 3. The van der Waals surface area contributed by atoms with Gasteiger partial charge >= 0.3 is 0 Å². The lowest BCUT2D eigenvalue weighted by atomic mass is 9.92. The van der Waals surface area contributed by atoms with E-state index in [1.54, 1.807) is 13.1 Å². The molecule has 1 unspecified atom stereocenters. The molecule has 0 aliphatic carbocycles. The van der Waals surface area contributed by atoms with Crippen LogP contribution >= 0.6 is 0 Å². The average Bonchev–Trinajstić information content (AvgIpc) is 2.53. The van der Waals surface area contributed by atoms with Crippen LogP contribution in [0.1, 0.15) is 30.7 Å². The van der Waals surface area contributed by atoms with Gasteiger partial charge in [-0.1, -0.05) is 43.3 Å². The molecule has 0 spiro atoms. The molecule has 3 N–H and O–H groups in total. The number of carbonyl (C=O) groups excluding carboxylic acids is 1. The van der Waals surface area contributed by atoms with Crippen LogP contribution in [0.5, 0.6) is 0 Å². The average molecular weight is 283 g/mol. The van der Waals surface area contributed by atoms with E-state index < -0.39 is 5.54 Å². The number of nitrogens with two attached hydrogens (primary N) is 1.